The number of hydrogen-bond donors (Lipinski definition) is 2. The number of likely N-dealkylation sites (tertiary alicyclic amines) is 1. The van der Waals surface area contributed by atoms with Gasteiger partial charge in [0.1, 0.15) is 16.9 Å². The summed E-state index contributed by atoms with van der Waals surface area (Å²) >= 11 is 0. The van der Waals surface area contributed by atoms with Gasteiger partial charge in [0.15, 0.2) is 0 Å². The Morgan fingerprint density at radius 3 is 2.61 bits per heavy atom. The summed E-state index contributed by atoms with van der Waals surface area (Å²) in [4.78, 5) is 37.4. The molecule has 2 N–H and O–H groups in total. The first-order valence-corrected chi connectivity index (χ1v) is 9.35. The van der Waals surface area contributed by atoms with Crippen LogP contribution in [0.1, 0.15) is 50.0 Å². The Kier molecular flexibility index (Phi) is 6.88. The molecule has 1 aromatic rings. The maximum atomic E-state index is 12.6. The highest BCUT2D eigenvalue weighted by Gasteiger charge is 2.29. The number of nitrogens with zero attached hydrogens (tertiary/aromatic N) is 1. The second-order valence-electron chi connectivity index (χ2n) is 7.72. The third-order valence-electron chi connectivity index (χ3n) is 4.19. The van der Waals surface area contributed by atoms with Crippen LogP contribution in [0.4, 0.5) is 4.79 Å². The van der Waals surface area contributed by atoms with Crippen LogP contribution >= 0.6 is 0 Å². The van der Waals surface area contributed by atoms with Crippen LogP contribution in [0.3, 0.4) is 0 Å². The van der Waals surface area contributed by atoms with E-state index in [0.29, 0.717) is 31.7 Å². The molecule has 1 aliphatic rings. The summed E-state index contributed by atoms with van der Waals surface area (Å²) < 4.78 is 10.6. The second kappa shape index (κ2) is 8.95. The van der Waals surface area contributed by atoms with Crippen LogP contribution in [0.2, 0.25) is 0 Å². The minimum atomic E-state index is -1.07. The number of carbonyl (C=O) groups excluding carboxylic acids is 2. The van der Waals surface area contributed by atoms with Gasteiger partial charge in [-0.25, -0.2) is 9.59 Å². The number of hydrogen-bond acceptors (Lipinski definition) is 5. The lowest BCUT2D eigenvalue weighted by Gasteiger charge is -2.22. The molecule has 28 heavy (non-hydrogen) atoms. The summed E-state index contributed by atoms with van der Waals surface area (Å²) in [5, 5.41) is 12.0. The first-order valence-electron chi connectivity index (χ1n) is 9.35. The lowest BCUT2D eigenvalue weighted by molar-refractivity contribution is -0.129. The van der Waals surface area contributed by atoms with Gasteiger partial charge in [-0.2, -0.15) is 0 Å². The van der Waals surface area contributed by atoms with Gasteiger partial charge in [0, 0.05) is 13.1 Å². The smallest absolute Gasteiger partial charge is 0.407 e. The number of carbonyl (C=O) groups is 3. The Bertz CT molecular complexity index is 741. The Morgan fingerprint density at radius 1 is 1.29 bits per heavy atom. The van der Waals surface area contributed by atoms with Gasteiger partial charge < -0.3 is 24.8 Å². The first kappa shape index (κ1) is 21.5. The molecule has 1 aliphatic heterocycles. The summed E-state index contributed by atoms with van der Waals surface area (Å²) in [7, 11) is 0. The molecule has 1 unspecified atom stereocenters. The maximum absolute atomic E-state index is 12.6. The van der Waals surface area contributed by atoms with Gasteiger partial charge in [-0.3, -0.25) is 4.79 Å². The fraction of sp³-hybridized carbons (Fsp3) is 0.550. The zero-order valence-electron chi connectivity index (χ0n) is 16.8. The van der Waals surface area contributed by atoms with Gasteiger partial charge in [-0.05, 0) is 51.8 Å². The average Bonchev–Trinajstić information content (AvgIpc) is 3.01. The molecular formula is C20H28N2O6. The van der Waals surface area contributed by atoms with Crippen molar-refractivity contribution < 1.29 is 29.0 Å². The predicted molar refractivity (Wildman–Crippen MR) is 103 cm³/mol. The molecule has 0 aliphatic carbocycles. The molecule has 0 radical (unpaired) electrons. The van der Waals surface area contributed by atoms with Gasteiger partial charge in [0.2, 0.25) is 5.91 Å². The molecule has 8 heteroatoms. The topological polar surface area (TPSA) is 105 Å². The quantitative estimate of drug-likeness (QED) is 0.770. The maximum Gasteiger partial charge on any atom is 0.407 e. The van der Waals surface area contributed by atoms with Crippen molar-refractivity contribution in [3.63, 3.8) is 0 Å². The molecule has 2 amide bonds. The van der Waals surface area contributed by atoms with E-state index in [0.717, 1.165) is 0 Å². The van der Waals surface area contributed by atoms with E-state index >= 15 is 0 Å². The summed E-state index contributed by atoms with van der Waals surface area (Å²) in [5.41, 5.74) is 0.182. The molecule has 1 atom stereocenters. The van der Waals surface area contributed by atoms with Crippen molar-refractivity contribution in [3.05, 3.63) is 29.3 Å². The normalized spacial score (nSPS) is 16.6. The van der Waals surface area contributed by atoms with Crippen molar-refractivity contribution in [3.8, 4) is 5.75 Å². The third-order valence-corrected chi connectivity index (χ3v) is 4.19. The number of rotatable bonds is 6. The summed E-state index contributed by atoms with van der Waals surface area (Å²) in [5.74, 6) is -0.901. The van der Waals surface area contributed by atoms with Crippen LogP contribution in [0, 0.1) is 0 Å². The molecule has 1 aromatic carbocycles. The van der Waals surface area contributed by atoms with Crippen molar-refractivity contribution in [1.29, 1.82) is 0 Å². The van der Waals surface area contributed by atoms with E-state index in [1.54, 1.807) is 44.7 Å². The second-order valence-corrected chi connectivity index (χ2v) is 7.72. The summed E-state index contributed by atoms with van der Waals surface area (Å²) in [6.45, 7) is 8.46. The molecule has 154 valence electrons. The lowest BCUT2D eigenvalue weighted by atomic mass is 10.1. The highest BCUT2D eigenvalue weighted by molar-refractivity contribution is 5.91. The Hall–Kier alpha value is -2.77. The zero-order valence-corrected chi connectivity index (χ0v) is 16.8. The minimum absolute atomic E-state index is 0.0702. The van der Waals surface area contributed by atoms with Gasteiger partial charge in [0.05, 0.1) is 19.1 Å². The summed E-state index contributed by atoms with van der Waals surface area (Å²) in [6.07, 6.45) is 0.309. The fourth-order valence-corrected chi connectivity index (χ4v) is 2.99. The lowest BCUT2D eigenvalue weighted by Crippen LogP contribution is -2.41. The van der Waals surface area contributed by atoms with Gasteiger partial charge in [-0.1, -0.05) is 6.07 Å². The van der Waals surface area contributed by atoms with Gasteiger partial charge >= 0.3 is 12.1 Å². The molecule has 1 heterocycles. The fourth-order valence-electron chi connectivity index (χ4n) is 2.99. The average molecular weight is 392 g/mol. The predicted octanol–water partition coefficient (Wildman–Crippen LogP) is 2.45. The van der Waals surface area contributed by atoms with Crippen molar-refractivity contribution >= 4 is 18.0 Å². The standard InChI is InChI=1S/C20H28N2O6/c1-5-27-16-10-13(6-7-15(16)18(24)25)11-17(23)22-9-8-14(12-22)21-19(26)28-20(2,3)4/h6-7,10,14H,5,8-9,11-12H2,1-4H3,(H,21,26)(H,24,25). The molecule has 1 saturated heterocycles. The number of nitrogens with one attached hydrogen (secondary N) is 1. The molecular weight excluding hydrogens is 364 g/mol. The van der Waals surface area contributed by atoms with E-state index in [9.17, 15) is 19.5 Å². The van der Waals surface area contributed by atoms with E-state index in [1.165, 1.54) is 6.07 Å². The SMILES string of the molecule is CCOc1cc(CC(=O)N2CCC(NC(=O)OC(C)(C)C)C2)ccc1C(=O)O. The largest absolute Gasteiger partial charge is 0.493 e. The Morgan fingerprint density at radius 2 is 2.00 bits per heavy atom. The van der Waals surface area contributed by atoms with Crippen LogP contribution in [0.25, 0.3) is 0 Å². The molecule has 2 rings (SSSR count). The Balaban J connectivity index is 1.94. The number of aromatic carboxylic acids is 1. The van der Waals surface area contributed by atoms with Crippen LogP contribution in [0.15, 0.2) is 18.2 Å². The van der Waals surface area contributed by atoms with E-state index < -0.39 is 17.7 Å². The van der Waals surface area contributed by atoms with Crippen LogP contribution in [-0.2, 0) is 16.0 Å². The van der Waals surface area contributed by atoms with Gasteiger partial charge in [0.25, 0.3) is 0 Å². The number of amides is 2. The van der Waals surface area contributed by atoms with E-state index in [-0.39, 0.29) is 29.7 Å². The molecule has 8 nitrogen and oxygen atoms in total. The highest BCUT2D eigenvalue weighted by atomic mass is 16.6. The summed E-state index contributed by atoms with van der Waals surface area (Å²) in [6, 6.07) is 4.52. The minimum Gasteiger partial charge on any atom is -0.493 e. The number of carboxylic acids is 1. The zero-order chi connectivity index (χ0) is 20.9. The van der Waals surface area contributed by atoms with Crippen molar-refractivity contribution in [2.45, 2.75) is 52.2 Å². The number of alkyl carbamates (subject to hydrolysis) is 1. The highest BCUT2D eigenvalue weighted by Crippen LogP contribution is 2.22. The van der Waals surface area contributed by atoms with Crippen molar-refractivity contribution in [2.24, 2.45) is 0 Å². The monoisotopic (exact) mass is 392 g/mol. The molecule has 0 spiro atoms. The number of benzene rings is 1. The van der Waals surface area contributed by atoms with Crippen LogP contribution in [0.5, 0.6) is 5.75 Å². The van der Waals surface area contributed by atoms with Crippen molar-refractivity contribution in [1.82, 2.24) is 10.2 Å². The first-order chi connectivity index (χ1) is 13.1. The Labute approximate surface area is 164 Å². The van der Waals surface area contributed by atoms with E-state index in [4.69, 9.17) is 9.47 Å². The number of ether oxygens (including phenoxy) is 2. The molecule has 1 fully saturated rings. The van der Waals surface area contributed by atoms with Crippen LogP contribution in [-0.4, -0.2) is 59.3 Å². The molecule has 0 bridgehead atoms. The molecule has 0 saturated carbocycles. The molecule has 0 aromatic heterocycles. The third kappa shape index (κ3) is 6.14. The van der Waals surface area contributed by atoms with E-state index in [2.05, 4.69) is 5.32 Å². The van der Waals surface area contributed by atoms with Gasteiger partial charge in [-0.15, -0.1) is 0 Å². The van der Waals surface area contributed by atoms with Crippen molar-refractivity contribution in [2.75, 3.05) is 19.7 Å². The van der Waals surface area contributed by atoms with Crippen LogP contribution < -0.4 is 10.1 Å². The van der Waals surface area contributed by atoms with E-state index in [1.807, 2.05) is 0 Å². The number of carboxylic acid groups (broad SMARTS) is 1.